The topological polar surface area (TPSA) is 55.6 Å². The van der Waals surface area contributed by atoms with Gasteiger partial charge in [0.2, 0.25) is 0 Å². The summed E-state index contributed by atoms with van der Waals surface area (Å²) in [5, 5.41) is 2.83. The van der Waals surface area contributed by atoms with Crippen LogP contribution >= 0.6 is 0 Å². The zero-order valence-electron chi connectivity index (χ0n) is 15.4. The molecular formula is C22H18FN3O2. The number of aryl methyl sites for hydroxylation is 1. The van der Waals surface area contributed by atoms with Gasteiger partial charge in [0.1, 0.15) is 28.7 Å². The number of para-hydroxylation sites is 1. The number of hydrogen-bond acceptors (Lipinski definition) is 3. The van der Waals surface area contributed by atoms with Crippen molar-refractivity contribution in [3.63, 3.8) is 0 Å². The minimum atomic E-state index is -0.580. The lowest BCUT2D eigenvalue weighted by Gasteiger charge is -2.11. The van der Waals surface area contributed by atoms with Gasteiger partial charge in [-0.3, -0.25) is 9.20 Å². The number of carbonyl (C=O) groups is 1. The fourth-order valence-electron chi connectivity index (χ4n) is 3.12. The number of ether oxygens (including phenoxy) is 1. The van der Waals surface area contributed by atoms with Gasteiger partial charge in [0.25, 0.3) is 5.91 Å². The Bertz CT molecular complexity index is 1180. The van der Waals surface area contributed by atoms with E-state index in [4.69, 9.17) is 4.74 Å². The van der Waals surface area contributed by atoms with E-state index in [-0.39, 0.29) is 5.56 Å². The van der Waals surface area contributed by atoms with Crippen molar-refractivity contribution in [2.45, 2.75) is 6.92 Å². The number of methoxy groups -OCH3 is 1. The van der Waals surface area contributed by atoms with Crippen LogP contribution in [-0.2, 0) is 0 Å². The predicted molar refractivity (Wildman–Crippen MR) is 106 cm³/mol. The summed E-state index contributed by atoms with van der Waals surface area (Å²) in [4.78, 5) is 17.5. The van der Waals surface area contributed by atoms with Crippen LogP contribution in [-0.4, -0.2) is 22.4 Å². The zero-order chi connectivity index (χ0) is 19.7. The first kappa shape index (κ1) is 17.7. The lowest BCUT2D eigenvalue weighted by Crippen LogP contribution is -2.15. The van der Waals surface area contributed by atoms with Crippen LogP contribution in [0.3, 0.4) is 0 Å². The third-order valence-corrected chi connectivity index (χ3v) is 4.48. The number of carbonyl (C=O) groups excluding carboxylic acids is 1. The monoisotopic (exact) mass is 375 g/mol. The summed E-state index contributed by atoms with van der Waals surface area (Å²) in [6.45, 7) is 1.95. The van der Waals surface area contributed by atoms with Crippen molar-refractivity contribution in [2.75, 3.05) is 12.4 Å². The van der Waals surface area contributed by atoms with E-state index in [1.54, 1.807) is 23.6 Å². The third kappa shape index (κ3) is 3.09. The van der Waals surface area contributed by atoms with Gasteiger partial charge in [-0.25, -0.2) is 9.37 Å². The van der Waals surface area contributed by atoms with Crippen LogP contribution in [0.4, 0.5) is 10.2 Å². The maximum atomic E-state index is 14.1. The number of halogens is 1. The predicted octanol–water partition coefficient (Wildman–Crippen LogP) is 4.71. The first-order chi connectivity index (χ1) is 13.6. The minimum Gasteiger partial charge on any atom is -0.496 e. The highest BCUT2D eigenvalue weighted by atomic mass is 19.1. The molecule has 0 bridgehead atoms. The summed E-state index contributed by atoms with van der Waals surface area (Å²) < 4.78 is 21.3. The van der Waals surface area contributed by atoms with Crippen molar-refractivity contribution < 1.29 is 13.9 Å². The molecule has 1 amide bonds. The second-order valence-corrected chi connectivity index (χ2v) is 6.38. The van der Waals surface area contributed by atoms with Crippen molar-refractivity contribution in [2.24, 2.45) is 0 Å². The van der Waals surface area contributed by atoms with Gasteiger partial charge in [0.05, 0.1) is 12.7 Å². The van der Waals surface area contributed by atoms with Crippen molar-refractivity contribution in [1.82, 2.24) is 9.38 Å². The van der Waals surface area contributed by atoms with Gasteiger partial charge < -0.3 is 10.1 Å². The molecule has 0 fully saturated rings. The van der Waals surface area contributed by atoms with Crippen LogP contribution < -0.4 is 10.1 Å². The van der Waals surface area contributed by atoms with E-state index >= 15 is 0 Å². The summed E-state index contributed by atoms with van der Waals surface area (Å²) in [7, 11) is 1.58. The van der Waals surface area contributed by atoms with Gasteiger partial charge in [-0.15, -0.1) is 0 Å². The van der Waals surface area contributed by atoms with Crippen LogP contribution in [0.15, 0.2) is 66.9 Å². The molecule has 0 saturated carbocycles. The van der Waals surface area contributed by atoms with Crippen LogP contribution in [0.1, 0.15) is 15.9 Å². The number of benzene rings is 2. The number of nitrogens with zero attached hydrogens (tertiary/aromatic N) is 2. The highest BCUT2D eigenvalue weighted by Crippen LogP contribution is 2.35. The molecule has 0 aliphatic heterocycles. The van der Waals surface area contributed by atoms with E-state index in [1.165, 1.54) is 12.1 Å². The quantitative estimate of drug-likeness (QED) is 0.562. The number of nitrogens with one attached hydrogen (secondary N) is 1. The van der Waals surface area contributed by atoms with Crippen molar-refractivity contribution in [3.05, 3.63) is 83.8 Å². The van der Waals surface area contributed by atoms with Crippen LogP contribution in [0.5, 0.6) is 5.75 Å². The molecule has 0 radical (unpaired) electrons. The lowest BCUT2D eigenvalue weighted by molar-refractivity contribution is 0.102. The number of hydrogen-bond donors (Lipinski definition) is 1. The molecule has 0 aliphatic rings. The molecule has 4 aromatic rings. The van der Waals surface area contributed by atoms with Crippen molar-refractivity contribution in [3.8, 4) is 17.0 Å². The van der Waals surface area contributed by atoms with Crippen LogP contribution in [0.2, 0.25) is 0 Å². The molecule has 2 heterocycles. The van der Waals surface area contributed by atoms with E-state index in [2.05, 4.69) is 10.3 Å². The van der Waals surface area contributed by atoms with Crippen molar-refractivity contribution in [1.29, 1.82) is 0 Å². The van der Waals surface area contributed by atoms with Crippen LogP contribution in [0, 0.1) is 12.7 Å². The standard InChI is InChI=1S/C22H18FN3O2/c1-14-11-12-19-24-20(16-8-4-6-10-18(16)28-2)21(26(19)13-14)25-22(27)15-7-3-5-9-17(15)23/h3-13H,1-2H3,(H,25,27). The maximum absolute atomic E-state index is 14.1. The van der Waals surface area contributed by atoms with E-state index in [9.17, 15) is 9.18 Å². The van der Waals surface area contributed by atoms with E-state index < -0.39 is 11.7 Å². The van der Waals surface area contributed by atoms with Crippen molar-refractivity contribution >= 4 is 17.4 Å². The van der Waals surface area contributed by atoms with E-state index in [1.807, 2.05) is 49.5 Å². The Balaban J connectivity index is 1.89. The number of pyridine rings is 1. The second-order valence-electron chi connectivity index (χ2n) is 6.38. The Labute approximate surface area is 161 Å². The number of amides is 1. The van der Waals surface area contributed by atoms with Gasteiger partial charge in [-0.2, -0.15) is 0 Å². The van der Waals surface area contributed by atoms with Gasteiger partial charge in [-0.1, -0.05) is 30.3 Å². The summed E-state index contributed by atoms with van der Waals surface area (Å²) in [6, 6.07) is 17.1. The molecule has 4 rings (SSSR count). The van der Waals surface area contributed by atoms with Gasteiger partial charge in [-0.05, 0) is 42.8 Å². The zero-order valence-corrected chi connectivity index (χ0v) is 15.4. The van der Waals surface area contributed by atoms with Gasteiger partial charge >= 0.3 is 0 Å². The number of imidazole rings is 1. The Morgan fingerprint density at radius 3 is 2.61 bits per heavy atom. The van der Waals surface area contributed by atoms with E-state index in [0.717, 1.165) is 11.1 Å². The van der Waals surface area contributed by atoms with Gasteiger partial charge in [0.15, 0.2) is 0 Å². The fourth-order valence-corrected chi connectivity index (χ4v) is 3.12. The summed E-state index contributed by atoms with van der Waals surface area (Å²) in [5.41, 5.74) is 2.91. The molecule has 2 aromatic heterocycles. The molecule has 0 spiro atoms. The Morgan fingerprint density at radius 1 is 1.07 bits per heavy atom. The maximum Gasteiger partial charge on any atom is 0.259 e. The molecule has 0 saturated heterocycles. The minimum absolute atomic E-state index is 0.0314. The van der Waals surface area contributed by atoms with E-state index in [0.29, 0.717) is 22.9 Å². The Morgan fingerprint density at radius 2 is 1.82 bits per heavy atom. The molecule has 28 heavy (non-hydrogen) atoms. The number of fused-ring (bicyclic) bond motifs is 1. The van der Waals surface area contributed by atoms with Crippen LogP contribution in [0.25, 0.3) is 16.9 Å². The smallest absolute Gasteiger partial charge is 0.259 e. The summed E-state index contributed by atoms with van der Waals surface area (Å²) in [6.07, 6.45) is 1.87. The molecule has 5 nitrogen and oxygen atoms in total. The summed E-state index contributed by atoms with van der Waals surface area (Å²) in [5.74, 6) is -0.0399. The molecule has 0 atom stereocenters. The number of aromatic nitrogens is 2. The first-order valence-corrected chi connectivity index (χ1v) is 8.76. The molecule has 0 aliphatic carbocycles. The Kier molecular flexibility index (Phi) is 4.53. The second kappa shape index (κ2) is 7.15. The molecule has 1 N–H and O–H groups in total. The highest BCUT2D eigenvalue weighted by molar-refractivity contribution is 6.06. The summed E-state index contributed by atoms with van der Waals surface area (Å²) >= 11 is 0. The number of rotatable bonds is 4. The average Bonchev–Trinajstić information content (AvgIpc) is 3.05. The largest absolute Gasteiger partial charge is 0.496 e. The average molecular weight is 375 g/mol. The SMILES string of the molecule is COc1ccccc1-c1nc2ccc(C)cn2c1NC(=O)c1ccccc1F. The molecule has 0 unspecified atom stereocenters. The first-order valence-electron chi connectivity index (χ1n) is 8.76. The normalized spacial score (nSPS) is 10.8. The lowest BCUT2D eigenvalue weighted by atomic mass is 10.1. The Hall–Kier alpha value is -3.67. The fraction of sp³-hybridized carbons (Fsp3) is 0.0909. The third-order valence-electron chi connectivity index (χ3n) is 4.48. The molecular weight excluding hydrogens is 357 g/mol. The molecule has 140 valence electrons. The highest BCUT2D eigenvalue weighted by Gasteiger charge is 2.21. The molecule has 2 aromatic carbocycles. The number of anilines is 1. The van der Waals surface area contributed by atoms with Gasteiger partial charge in [0, 0.05) is 11.8 Å². The molecule has 6 heteroatoms.